The lowest BCUT2D eigenvalue weighted by Crippen LogP contribution is -2.29. The monoisotopic (exact) mass is 424 g/mol. The summed E-state index contributed by atoms with van der Waals surface area (Å²) in [6.45, 7) is 2.12. The molecule has 0 bridgehead atoms. The highest BCUT2D eigenvalue weighted by Gasteiger charge is 2.18. The minimum absolute atomic E-state index is 0.0578. The van der Waals surface area contributed by atoms with E-state index in [2.05, 4.69) is 30.6 Å². The molecule has 0 aliphatic heterocycles. The van der Waals surface area contributed by atoms with Crippen LogP contribution >= 0.6 is 11.6 Å². The summed E-state index contributed by atoms with van der Waals surface area (Å²) < 4.78 is 0. The third-order valence-electron chi connectivity index (χ3n) is 4.77. The first kappa shape index (κ1) is 19.8. The molecule has 4 rings (SSSR count). The van der Waals surface area contributed by atoms with Crippen molar-refractivity contribution >= 4 is 51.2 Å². The lowest BCUT2D eigenvalue weighted by molar-refractivity contribution is -0.126. The molecular formula is C20H21ClN8O. The normalized spacial score (nSPS) is 12.1. The van der Waals surface area contributed by atoms with Crippen LogP contribution in [0.1, 0.15) is 18.5 Å². The Morgan fingerprint density at radius 3 is 2.87 bits per heavy atom. The standard InChI is InChI=1S/C20H21ClN8O/c1-11(27-20-17-19(24-9-23-17)25-10-26-20)13-7-12-5-4-6-14(21)16(12)28-18(13)22-8-15(30)29(2)3/h4-7,9-11H,8H2,1-3H3,(H,22,28)(H2,23,24,25,26,27). The first-order valence-corrected chi connectivity index (χ1v) is 9.75. The molecule has 9 nitrogen and oxygen atoms in total. The highest BCUT2D eigenvalue weighted by atomic mass is 35.5. The zero-order valence-corrected chi connectivity index (χ0v) is 17.5. The number of hydrogen-bond acceptors (Lipinski definition) is 7. The van der Waals surface area contributed by atoms with Gasteiger partial charge in [-0.15, -0.1) is 0 Å². The van der Waals surface area contributed by atoms with E-state index in [0.29, 0.717) is 27.8 Å². The second-order valence-corrected chi connectivity index (χ2v) is 7.48. The number of aromatic amines is 1. The van der Waals surface area contributed by atoms with E-state index < -0.39 is 0 Å². The number of likely N-dealkylation sites (N-methyl/N-ethyl adjacent to an activating group) is 1. The number of imidazole rings is 1. The Kier molecular flexibility index (Phi) is 5.37. The highest BCUT2D eigenvalue weighted by Crippen LogP contribution is 2.31. The fraction of sp³-hybridized carbons (Fsp3) is 0.250. The number of rotatable bonds is 6. The maximum atomic E-state index is 12.1. The van der Waals surface area contributed by atoms with Crippen LogP contribution in [-0.2, 0) is 4.79 Å². The summed E-state index contributed by atoms with van der Waals surface area (Å²) in [7, 11) is 3.43. The first-order chi connectivity index (χ1) is 14.4. The average molecular weight is 425 g/mol. The molecule has 0 saturated heterocycles. The zero-order chi connectivity index (χ0) is 21.3. The number of fused-ring (bicyclic) bond motifs is 2. The molecule has 154 valence electrons. The van der Waals surface area contributed by atoms with Crippen LogP contribution in [-0.4, -0.2) is 56.4 Å². The molecule has 1 unspecified atom stereocenters. The summed E-state index contributed by atoms with van der Waals surface area (Å²) in [6.07, 6.45) is 3.04. The number of nitrogens with zero attached hydrogens (tertiary/aromatic N) is 5. The highest BCUT2D eigenvalue weighted by molar-refractivity contribution is 6.35. The van der Waals surface area contributed by atoms with Crippen molar-refractivity contribution in [3.05, 3.63) is 47.5 Å². The predicted molar refractivity (Wildman–Crippen MR) is 118 cm³/mol. The molecule has 3 heterocycles. The van der Waals surface area contributed by atoms with E-state index in [9.17, 15) is 4.79 Å². The lowest BCUT2D eigenvalue weighted by Gasteiger charge is -2.20. The number of halogens is 1. The third kappa shape index (κ3) is 3.84. The van der Waals surface area contributed by atoms with E-state index in [4.69, 9.17) is 16.6 Å². The van der Waals surface area contributed by atoms with Gasteiger partial charge in [0.1, 0.15) is 17.7 Å². The minimum Gasteiger partial charge on any atom is -0.362 e. The van der Waals surface area contributed by atoms with E-state index in [1.54, 1.807) is 26.5 Å². The molecule has 0 radical (unpaired) electrons. The van der Waals surface area contributed by atoms with Gasteiger partial charge in [-0.1, -0.05) is 23.7 Å². The molecule has 30 heavy (non-hydrogen) atoms. The van der Waals surface area contributed by atoms with E-state index in [-0.39, 0.29) is 18.5 Å². The summed E-state index contributed by atoms with van der Waals surface area (Å²) in [6, 6.07) is 7.47. The quantitative estimate of drug-likeness (QED) is 0.435. The number of nitrogens with one attached hydrogen (secondary N) is 3. The number of hydrogen-bond donors (Lipinski definition) is 3. The average Bonchev–Trinajstić information content (AvgIpc) is 3.21. The van der Waals surface area contributed by atoms with Crippen molar-refractivity contribution in [1.29, 1.82) is 0 Å². The van der Waals surface area contributed by atoms with E-state index in [1.165, 1.54) is 11.2 Å². The van der Waals surface area contributed by atoms with E-state index in [0.717, 1.165) is 16.5 Å². The molecule has 0 aliphatic carbocycles. The number of carbonyl (C=O) groups excluding carboxylic acids is 1. The van der Waals surface area contributed by atoms with E-state index >= 15 is 0 Å². The van der Waals surface area contributed by atoms with Gasteiger partial charge in [0.25, 0.3) is 0 Å². The molecule has 4 aromatic rings. The van der Waals surface area contributed by atoms with Crippen molar-refractivity contribution in [2.75, 3.05) is 31.3 Å². The molecule has 0 spiro atoms. The molecule has 0 fully saturated rings. The van der Waals surface area contributed by atoms with E-state index in [1.807, 2.05) is 25.1 Å². The van der Waals surface area contributed by atoms with Crippen molar-refractivity contribution in [2.45, 2.75) is 13.0 Å². The summed E-state index contributed by atoms with van der Waals surface area (Å²) in [5, 5.41) is 8.01. The number of para-hydroxylation sites is 1. The molecular weight excluding hydrogens is 404 g/mol. The number of benzene rings is 1. The van der Waals surface area contributed by atoms with Crippen LogP contribution in [0, 0.1) is 0 Å². The van der Waals surface area contributed by atoms with Gasteiger partial charge in [0, 0.05) is 25.0 Å². The molecule has 3 aromatic heterocycles. The lowest BCUT2D eigenvalue weighted by atomic mass is 10.1. The van der Waals surface area contributed by atoms with Crippen LogP contribution in [0.2, 0.25) is 5.02 Å². The predicted octanol–water partition coefficient (Wildman–Crippen LogP) is 3.23. The van der Waals surface area contributed by atoms with Gasteiger partial charge in [0.15, 0.2) is 11.5 Å². The Hall–Kier alpha value is -3.46. The summed E-state index contributed by atoms with van der Waals surface area (Å²) in [5.74, 6) is 1.16. The fourth-order valence-corrected chi connectivity index (χ4v) is 3.35. The van der Waals surface area contributed by atoms with Gasteiger partial charge in [-0.05, 0) is 19.1 Å². The number of anilines is 2. The Morgan fingerprint density at radius 1 is 1.23 bits per heavy atom. The van der Waals surface area contributed by atoms with Gasteiger partial charge < -0.3 is 20.5 Å². The van der Waals surface area contributed by atoms with Crippen molar-refractivity contribution in [1.82, 2.24) is 29.8 Å². The smallest absolute Gasteiger partial charge is 0.241 e. The van der Waals surface area contributed by atoms with Gasteiger partial charge in [-0.25, -0.2) is 19.9 Å². The zero-order valence-electron chi connectivity index (χ0n) is 16.8. The second-order valence-electron chi connectivity index (χ2n) is 7.07. The van der Waals surface area contributed by atoms with Crippen LogP contribution in [0.5, 0.6) is 0 Å². The minimum atomic E-state index is -0.181. The van der Waals surface area contributed by atoms with Gasteiger partial charge in [0.2, 0.25) is 5.91 Å². The summed E-state index contributed by atoms with van der Waals surface area (Å²) >= 11 is 6.35. The largest absolute Gasteiger partial charge is 0.362 e. The Labute approximate surface area is 177 Å². The molecule has 1 aromatic carbocycles. The molecule has 1 atom stereocenters. The molecule has 1 amide bonds. The molecule has 0 saturated carbocycles. The maximum Gasteiger partial charge on any atom is 0.241 e. The van der Waals surface area contributed by atoms with Crippen LogP contribution in [0.25, 0.3) is 22.1 Å². The first-order valence-electron chi connectivity index (χ1n) is 9.38. The van der Waals surface area contributed by atoms with Crippen LogP contribution in [0.3, 0.4) is 0 Å². The van der Waals surface area contributed by atoms with Crippen molar-refractivity contribution in [3.63, 3.8) is 0 Å². The van der Waals surface area contributed by atoms with Crippen molar-refractivity contribution in [3.8, 4) is 0 Å². The topological polar surface area (TPSA) is 112 Å². The Balaban J connectivity index is 1.72. The number of amides is 1. The van der Waals surface area contributed by atoms with Gasteiger partial charge >= 0.3 is 0 Å². The van der Waals surface area contributed by atoms with Crippen molar-refractivity contribution in [2.24, 2.45) is 0 Å². The third-order valence-corrected chi connectivity index (χ3v) is 5.08. The Bertz CT molecular complexity index is 1220. The number of aromatic nitrogens is 5. The number of pyridine rings is 1. The molecule has 0 aliphatic rings. The fourth-order valence-electron chi connectivity index (χ4n) is 3.13. The molecule has 3 N–H and O–H groups in total. The Morgan fingerprint density at radius 2 is 2.07 bits per heavy atom. The maximum absolute atomic E-state index is 12.1. The second kappa shape index (κ2) is 8.11. The van der Waals surface area contributed by atoms with Gasteiger partial charge in [-0.3, -0.25) is 4.79 Å². The summed E-state index contributed by atoms with van der Waals surface area (Å²) in [4.78, 5) is 34.0. The van der Waals surface area contributed by atoms with Crippen LogP contribution in [0.4, 0.5) is 11.6 Å². The van der Waals surface area contributed by atoms with Gasteiger partial charge in [-0.2, -0.15) is 0 Å². The molecule has 10 heteroatoms. The van der Waals surface area contributed by atoms with Crippen LogP contribution in [0.15, 0.2) is 36.9 Å². The SMILES string of the molecule is CC(Nc1ncnc2nc[nH]c12)c1cc2cccc(Cl)c2nc1NCC(=O)N(C)C. The van der Waals surface area contributed by atoms with Crippen molar-refractivity contribution < 1.29 is 4.79 Å². The van der Waals surface area contributed by atoms with Crippen LogP contribution < -0.4 is 10.6 Å². The van der Waals surface area contributed by atoms with Gasteiger partial charge in [0.05, 0.1) is 29.5 Å². The number of carbonyl (C=O) groups is 1. The number of H-pyrrole nitrogens is 1. The summed E-state index contributed by atoms with van der Waals surface area (Å²) in [5.41, 5.74) is 2.85.